The SMILES string of the molecule is Cc1csc2nc(CC=O)cn12. The average molecular weight is 180 g/mol. The van der Waals surface area contributed by atoms with Gasteiger partial charge < -0.3 is 4.79 Å². The van der Waals surface area contributed by atoms with Gasteiger partial charge in [0.25, 0.3) is 0 Å². The molecule has 0 aliphatic heterocycles. The maximum Gasteiger partial charge on any atom is 0.194 e. The summed E-state index contributed by atoms with van der Waals surface area (Å²) >= 11 is 1.60. The van der Waals surface area contributed by atoms with Crippen LogP contribution in [0.1, 0.15) is 11.4 Å². The summed E-state index contributed by atoms with van der Waals surface area (Å²) < 4.78 is 2.00. The standard InChI is InChI=1S/C8H8N2OS/c1-6-5-12-8-9-7(2-3-11)4-10(6)8/h3-5H,2H2,1H3. The molecule has 0 fully saturated rings. The summed E-state index contributed by atoms with van der Waals surface area (Å²) in [7, 11) is 0. The lowest BCUT2D eigenvalue weighted by Crippen LogP contribution is -1.84. The number of aldehydes is 1. The van der Waals surface area contributed by atoms with Crippen molar-refractivity contribution < 1.29 is 4.79 Å². The van der Waals surface area contributed by atoms with Crippen LogP contribution < -0.4 is 0 Å². The van der Waals surface area contributed by atoms with Crippen molar-refractivity contribution in [3.05, 3.63) is 23.0 Å². The number of thiazole rings is 1. The number of hydrogen-bond donors (Lipinski definition) is 0. The van der Waals surface area contributed by atoms with E-state index >= 15 is 0 Å². The number of rotatable bonds is 2. The third kappa shape index (κ3) is 1.04. The normalized spacial score (nSPS) is 10.8. The monoisotopic (exact) mass is 180 g/mol. The number of carbonyl (C=O) groups is 1. The molecule has 0 N–H and O–H groups in total. The molecule has 4 heteroatoms. The van der Waals surface area contributed by atoms with E-state index in [0.29, 0.717) is 6.42 Å². The van der Waals surface area contributed by atoms with Gasteiger partial charge in [-0.2, -0.15) is 0 Å². The second kappa shape index (κ2) is 2.71. The van der Waals surface area contributed by atoms with Crippen LogP contribution in [-0.4, -0.2) is 15.7 Å². The highest BCUT2D eigenvalue weighted by molar-refractivity contribution is 7.15. The third-order valence-corrected chi connectivity index (χ3v) is 2.69. The van der Waals surface area contributed by atoms with Crippen molar-refractivity contribution in [1.29, 1.82) is 0 Å². The lowest BCUT2D eigenvalue weighted by Gasteiger charge is -1.84. The zero-order valence-electron chi connectivity index (χ0n) is 6.65. The molecule has 0 spiro atoms. The molecule has 0 bridgehead atoms. The lowest BCUT2D eigenvalue weighted by atomic mass is 10.4. The highest BCUT2D eigenvalue weighted by atomic mass is 32.1. The summed E-state index contributed by atoms with van der Waals surface area (Å²) in [4.78, 5) is 15.4. The first-order valence-electron chi connectivity index (χ1n) is 3.67. The number of aryl methyl sites for hydroxylation is 1. The maximum atomic E-state index is 10.2. The molecule has 12 heavy (non-hydrogen) atoms. The predicted octanol–water partition coefficient (Wildman–Crippen LogP) is 1.45. The van der Waals surface area contributed by atoms with E-state index in [1.165, 1.54) is 5.69 Å². The van der Waals surface area contributed by atoms with Gasteiger partial charge in [0.2, 0.25) is 0 Å². The van der Waals surface area contributed by atoms with E-state index in [-0.39, 0.29) is 0 Å². The molecular weight excluding hydrogens is 172 g/mol. The molecule has 0 aliphatic rings. The van der Waals surface area contributed by atoms with Crippen molar-refractivity contribution in [2.45, 2.75) is 13.3 Å². The molecule has 3 nitrogen and oxygen atoms in total. The first kappa shape index (κ1) is 7.49. The van der Waals surface area contributed by atoms with Gasteiger partial charge in [-0.1, -0.05) is 0 Å². The van der Waals surface area contributed by atoms with Crippen LogP contribution >= 0.6 is 11.3 Å². The van der Waals surface area contributed by atoms with E-state index in [4.69, 9.17) is 0 Å². The van der Waals surface area contributed by atoms with E-state index in [1.54, 1.807) is 11.3 Å². The quantitative estimate of drug-likeness (QED) is 0.655. The van der Waals surface area contributed by atoms with Crippen LogP contribution in [-0.2, 0) is 11.2 Å². The fourth-order valence-electron chi connectivity index (χ4n) is 1.12. The Kier molecular flexibility index (Phi) is 1.69. The highest BCUT2D eigenvalue weighted by Crippen LogP contribution is 2.15. The fraction of sp³-hybridized carbons (Fsp3) is 0.250. The van der Waals surface area contributed by atoms with Crippen molar-refractivity contribution in [3.63, 3.8) is 0 Å². The van der Waals surface area contributed by atoms with Gasteiger partial charge in [-0.15, -0.1) is 11.3 Å². The van der Waals surface area contributed by atoms with E-state index in [0.717, 1.165) is 16.9 Å². The van der Waals surface area contributed by atoms with Crippen LogP contribution in [0.5, 0.6) is 0 Å². The van der Waals surface area contributed by atoms with Crippen LogP contribution in [0.4, 0.5) is 0 Å². The number of aromatic nitrogens is 2. The Morgan fingerprint density at radius 1 is 1.75 bits per heavy atom. The summed E-state index contributed by atoms with van der Waals surface area (Å²) in [6.07, 6.45) is 3.20. The topological polar surface area (TPSA) is 34.4 Å². The molecule has 0 saturated heterocycles. The minimum absolute atomic E-state index is 0.411. The molecule has 0 amide bonds. The molecule has 0 aromatic carbocycles. The Labute approximate surface area is 73.7 Å². The summed E-state index contributed by atoms with van der Waals surface area (Å²) in [6, 6.07) is 0. The molecule has 0 unspecified atom stereocenters. The Morgan fingerprint density at radius 3 is 3.25 bits per heavy atom. The summed E-state index contributed by atoms with van der Waals surface area (Å²) in [5, 5.41) is 2.05. The number of hydrogen-bond acceptors (Lipinski definition) is 3. The van der Waals surface area contributed by atoms with E-state index in [1.807, 2.05) is 22.9 Å². The molecule has 2 rings (SSSR count). The number of nitrogens with zero attached hydrogens (tertiary/aromatic N) is 2. The molecular formula is C8H8N2OS. The minimum atomic E-state index is 0.411. The first-order chi connectivity index (χ1) is 5.81. The van der Waals surface area contributed by atoms with Gasteiger partial charge in [0.15, 0.2) is 4.96 Å². The van der Waals surface area contributed by atoms with Crippen molar-refractivity contribution in [1.82, 2.24) is 9.38 Å². The zero-order chi connectivity index (χ0) is 8.55. The Balaban J connectivity index is 2.55. The maximum absolute atomic E-state index is 10.2. The van der Waals surface area contributed by atoms with E-state index in [2.05, 4.69) is 4.98 Å². The average Bonchev–Trinajstić information content (AvgIpc) is 2.55. The molecule has 0 radical (unpaired) electrons. The number of carbonyl (C=O) groups excluding carboxylic acids is 1. The third-order valence-electron chi connectivity index (χ3n) is 1.73. The van der Waals surface area contributed by atoms with Gasteiger partial charge in [0, 0.05) is 23.7 Å². The molecule has 2 heterocycles. The minimum Gasteiger partial charge on any atom is -0.303 e. The molecule has 0 atom stereocenters. The summed E-state index contributed by atoms with van der Waals surface area (Å²) in [5.74, 6) is 0. The Hall–Kier alpha value is -1.16. The van der Waals surface area contributed by atoms with E-state index < -0.39 is 0 Å². The van der Waals surface area contributed by atoms with Crippen LogP contribution in [0.2, 0.25) is 0 Å². The van der Waals surface area contributed by atoms with Gasteiger partial charge >= 0.3 is 0 Å². The van der Waals surface area contributed by atoms with Crippen LogP contribution in [0.25, 0.3) is 4.96 Å². The van der Waals surface area contributed by atoms with Crippen molar-refractivity contribution in [2.75, 3.05) is 0 Å². The van der Waals surface area contributed by atoms with Crippen molar-refractivity contribution in [2.24, 2.45) is 0 Å². The lowest BCUT2D eigenvalue weighted by molar-refractivity contribution is -0.107. The summed E-state index contributed by atoms with van der Waals surface area (Å²) in [5.41, 5.74) is 2.01. The van der Waals surface area contributed by atoms with Gasteiger partial charge in [-0.05, 0) is 6.92 Å². The van der Waals surface area contributed by atoms with Gasteiger partial charge in [0.05, 0.1) is 5.69 Å². The first-order valence-corrected chi connectivity index (χ1v) is 4.55. The summed E-state index contributed by atoms with van der Waals surface area (Å²) in [6.45, 7) is 2.02. The molecule has 2 aromatic rings. The van der Waals surface area contributed by atoms with E-state index in [9.17, 15) is 4.79 Å². The smallest absolute Gasteiger partial charge is 0.194 e. The van der Waals surface area contributed by atoms with Gasteiger partial charge in [-0.3, -0.25) is 4.40 Å². The number of fused-ring (bicyclic) bond motifs is 1. The highest BCUT2D eigenvalue weighted by Gasteiger charge is 2.03. The van der Waals surface area contributed by atoms with Crippen LogP contribution in [0.3, 0.4) is 0 Å². The number of imidazole rings is 1. The van der Waals surface area contributed by atoms with Crippen LogP contribution in [0.15, 0.2) is 11.6 Å². The Morgan fingerprint density at radius 2 is 2.58 bits per heavy atom. The van der Waals surface area contributed by atoms with Gasteiger partial charge in [0.1, 0.15) is 6.29 Å². The van der Waals surface area contributed by atoms with Crippen molar-refractivity contribution in [3.8, 4) is 0 Å². The second-order valence-corrected chi connectivity index (χ2v) is 3.47. The Bertz CT molecular complexity index is 416. The predicted molar refractivity (Wildman–Crippen MR) is 47.6 cm³/mol. The largest absolute Gasteiger partial charge is 0.303 e. The molecule has 0 aliphatic carbocycles. The molecule has 2 aromatic heterocycles. The zero-order valence-corrected chi connectivity index (χ0v) is 7.47. The van der Waals surface area contributed by atoms with Crippen molar-refractivity contribution >= 4 is 22.6 Å². The fourth-order valence-corrected chi connectivity index (χ4v) is 1.99. The van der Waals surface area contributed by atoms with Crippen LogP contribution in [0, 0.1) is 6.92 Å². The second-order valence-electron chi connectivity index (χ2n) is 2.63. The molecule has 0 saturated carbocycles. The molecule has 62 valence electrons. The van der Waals surface area contributed by atoms with Gasteiger partial charge in [-0.25, -0.2) is 4.98 Å².